The number of hydrogen-bond acceptors (Lipinski definition) is 2. The smallest absolute Gasteiger partial charge is 0.224 e. The molecule has 18 heavy (non-hydrogen) atoms. The molecule has 0 aromatic carbocycles. The van der Waals surface area contributed by atoms with E-state index in [0.29, 0.717) is 5.28 Å². The van der Waals surface area contributed by atoms with Crippen LogP contribution in [0.25, 0.3) is 11.0 Å². The summed E-state index contributed by atoms with van der Waals surface area (Å²) >= 11 is 6.00. The fourth-order valence-electron chi connectivity index (χ4n) is 1.94. The van der Waals surface area contributed by atoms with Crippen LogP contribution in [-0.2, 0) is 0 Å². The third-order valence-electron chi connectivity index (χ3n) is 4.14. The molecule has 2 aromatic rings. The van der Waals surface area contributed by atoms with Crippen molar-refractivity contribution in [1.82, 2.24) is 14.2 Å². The van der Waals surface area contributed by atoms with Gasteiger partial charge in [0, 0.05) is 5.39 Å². The largest absolute Gasteiger partial charge is 0.359 e. The van der Waals surface area contributed by atoms with Crippen molar-refractivity contribution in [1.29, 1.82) is 0 Å². The highest BCUT2D eigenvalue weighted by Crippen LogP contribution is 2.38. The Bertz CT molecular complexity index is 596. The second-order valence-electron chi connectivity index (χ2n) is 6.31. The first-order chi connectivity index (χ1) is 8.14. The summed E-state index contributed by atoms with van der Waals surface area (Å²) in [6.07, 6.45) is 2.14. The lowest BCUT2D eigenvalue weighted by Crippen LogP contribution is -2.45. The maximum atomic E-state index is 6.00. The van der Waals surface area contributed by atoms with Crippen LogP contribution in [0, 0.1) is 6.92 Å². The van der Waals surface area contributed by atoms with Gasteiger partial charge >= 0.3 is 0 Å². The molecule has 0 atom stereocenters. The maximum absolute atomic E-state index is 6.00. The highest BCUT2D eigenvalue weighted by Gasteiger charge is 2.38. The van der Waals surface area contributed by atoms with Crippen LogP contribution in [0.5, 0.6) is 0 Å². The highest BCUT2D eigenvalue weighted by atomic mass is 35.5. The molecule has 0 radical (unpaired) electrons. The monoisotopic (exact) mass is 281 g/mol. The van der Waals surface area contributed by atoms with E-state index in [1.54, 1.807) is 0 Å². The topological polar surface area (TPSA) is 30.7 Å². The van der Waals surface area contributed by atoms with Crippen molar-refractivity contribution < 1.29 is 0 Å². The third-order valence-corrected chi connectivity index (χ3v) is 9.55. The molecule has 0 saturated carbocycles. The lowest BCUT2D eigenvalue weighted by Gasteiger charge is -2.38. The fraction of sp³-hybridized carbons (Fsp3) is 0.538. The summed E-state index contributed by atoms with van der Waals surface area (Å²) in [6.45, 7) is 13.6. The average molecular weight is 282 g/mol. The van der Waals surface area contributed by atoms with Crippen LogP contribution in [-0.4, -0.2) is 22.4 Å². The van der Waals surface area contributed by atoms with Crippen molar-refractivity contribution in [3.63, 3.8) is 0 Å². The van der Waals surface area contributed by atoms with Gasteiger partial charge in [-0.05, 0) is 35.8 Å². The first-order valence-corrected chi connectivity index (χ1v) is 9.49. The molecule has 0 aliphatic rings. The van der Waals surface area contributed by atoms with E-state index in [0.717, 1.165) is 16.7 Å². The average Bonchev–Trinajstić information content (AvgIpc) is 2.59. The van der Waals surface area contributed by atoms with E-state index < -0.39 is 8.24 Å². The molecule has 0 N–H and O–H groups in total. The van der Waals surface area contributed by atoms with Crippen LogP contribution in [0.2, 0.25) is 23.4 Å². The molecule has 2 rings (SSSR count). The zero-order valence-corrected chi connectivity index (χ0v) is 13.6. The summed E-state index contributed by atoms with van der Waals surface area (Å²) in [4.78, 5) is 8.64. The Kier molecular flexibility index (Phi) is 3.06. The molecular formula is C13H20ClN3Si. The molecule has 0 fully saturated rings. The standard InChI is InChI=1S/C13H20ClN3Si/c1-9-10-7-8-17(11(10)16-12(14)15-9)18(5,6)13(2,3)4/h7-8H,1-6H3. The molecule has 3 nitrogen and oxygen atoms in total. The zero-order valence-electron chi connectivity index (χ0n) is 11.9. The van der Waals surface area contributed by atoms with Gasteiger partial charge in [-0.25, -0.2) is 9.97 Å². The Morgan fingerprint density at radius 1 is 1.22 bits per heavy atom. The van der Waals surface area contributed by atoms with Crippen molar-refractivity contribution in [3.05, 3.63) is 23.2 Å². The van der Waals surface area contributed by atoms with Crippen molar-refractivity contribution in [2.45, 2.75) is 45.8 Å². The Labute approximate surface area is 114 Å². The second kappa shape index (κ2) is 4.07. The van der Waals surface area contributed by atoms with Gasteiger partial charge in [0.15, 0.2) is 8.24 Å². The molecular weight excluding hydrogens is 262 g/mol. The molecule has 0 unspecified atom stereocenters. The number of fused-ring (bicyclic) bond motifs is 1. The molecule has 2 aromatic heterocycles. The van der Waals surface area contributed by atoms with E-state index in [-0.39, 0.29) is 5.04 Å². The van der Waals surface area contributed by atoms with Crippen LogP contribution in [0.4, 0.5) is 0 Å². The van der Waals surface area contributed by atoms with E-state index in [1.165, 1.54) is 0 Å². The maximum Gasteiger partial charge on any atom is 0.224 e. The summed E-state index contributed by atoms with van der Waals surface area (Å²) in [5.74, 6) is 0. The SMILES string of the molecule is Cc1nc(Cl)nc2c1ccn2[Si](C)(C)C(C)(C)C. The summed E-state index contributed by atoms with van der Waals surface area (Å²) in [6, 6.07) is 2.10. The van der Waals surface area contributed by atoms with E-state index in [9.17, 15) is 0 Å². The number of aryl methyl sites for hydroxylation is 1. The lowest BCUT2D eigenvalue weighted by atomic mass is 10.2. The Morgan fingerprint density at radius 3 is 2.39 bits per heavy atom. The molecule has 5 heteroatoms. The fourth-order valence-corrected chi connectivity index (χ4v) is 4.02. The number of rotatable bonds is 1. The second-order valence-corrected chi connectivity index (χ2v) is 11.7. The van der Waals surface area contributed by atoms with E-state index in [2.05, 4.69) is 60.3 Å². The minimum atomic E-state index is -1.67. The van der Waals surface area contributed by atoms with Crippen LogP contribution in [0.1, 0.15) is 26.5 Å². The molecule has 0 amide bonds. The first kappa shape index (κ1) is 13.6. The quantitative estimate of drug-likeness (QED) is 0.578. The van der Waals surface area contributed by atoms with Gasteiger partial charge in [0.1, 0.15) is 5.65 Å². The lowest BCUT2D eigenvalue weighted by molar-refractivity contribution is 0.702. The molecule has 0 bridgehead atoms. The first-order valence-electron chi connectivity index (χ1n) is 6.16. The Balaban J connectivity index is 2.74. The van der Waals surface area contributed by atoms with Crippen molar-refractivity contribution in [2.75, 3.05) is 0 Å². The minimum Gasteiger partial charge on any atom is -0.359 e. The van der Waals surface area contributed by atoms with Gasteiger partial charge in [-0.2, -0.15) is 0 Å². The minimum absolute atomic E-state index is 0.254. The van der Waals surface area contributed by atoms with E-state index in [1.807, 2.05) is 6.92 Å². The van der Waals surface area contributed by atoms with Gasteiger partial charge in [-0.3, -0.25) is 0 Å². The van der Waals surface area contributed by atoms with Crippen molar-refractivity contribution in [2.24, 2.45) is 0 Å². The molecule has 0 aliphatic carbocycles. The van der Waals surface area contributed by atoms with Crippen LogP contribution < -0.4 is 0 Å². The number of halogens is 1. The predicted octanol–water partition coefficient (Wildman–Crippen LogP) is 4.25. The van der Waals surface area contributed by atoms with Crippen molar-refractivity contribution in [3.8, 4) is 0 Å². The molecule has 0 spiro atoms. The van der Waals surface area contributed by atoms with Crippen LogP contribution in [0.15, 0.2) is 12.3 Å². The molecule has 0 aliphatic heterocycles. The Morgan fingerprint density at radius 2 is 1.83 bits per heavy atom. The predicted molar refractivity (Wildman–Crippen MR) is 79.9 cm³/mol. The molecule has 2 heterocycles. The van der Waals surface area contributed by atoms with Gasteiger partial charge in [0.2, 0.25) is 5.28 Å². The summed E-state index contributed by atoms with van der Waals surface area (Å²) in [5, 5.41) is 1.69. The number of nitrogens with zero attached hydrogens (tertiary/aromatic N) is 3. The molecule has 98 valence electrons. The van der Waals surface area contributed by atoms with Gasteiger partial charge in [0.05, 0.1) is 5.69 Å². The van der Waals surface area contributed by atoms with E-state index in [4.69, 9.17) is 11.6 Å². The van der Waals surface area contributed by atoms with E-state index >= 15 is 0 Å². The zero-order chi connectivity index (χ0) is 13.7. The van der Waals surface area contributed by atoms with Gasteiger partial charge in [0.25, 0.3) is 0 Å². The number of hydrogen-bond donors (Lipinski definition) is 0. The van der Waals surface area contributed by atoms with Gasteiger partial charge < -0.3 is 4.23 Å². The highest BCUT2D eigenvalue weighted by molar-refractivity contribution is 6.79. The normalized spacial score (nSPS) is 13.3. The van der Waals surface area contributed by atoms with Crippen LogP contribution in [0.3, 0.4) is 0 Å². The van der Waals surface area contributed by atoms with Gasteiger partial charge in [-0.15, -0.1) is 0 Å². The summed E-state index contributed by atoms with van der Waals surface area (Å²) in [7, 11) is -1.67. The van der Waals surface area contributed by atoms with Gasteiger partial charge in [-0.1, -0.05) is 33.9 Å². The summed E-state index contributed by atoms with van der Waals surface area (Å²) in [5.41, 5.74) is 1.92. The van der Waals surface area contributed by atoms with Crippen LogP contribution >= 0.6 is 11.6 Å². The number of aromatic nitrogens is 3. The molecule has 0 saturated heterocycles. The van der Waals surface area contributed by atoms with Crippen molar-refractivity contribution >= 4 is 30.9 Å². The third kappa shape index (κ3) is 1.97. The summed E-state index contributed by atoms with van der Waals surface area (Å²) < 4.78 is 2.34. The Hall–Kier alpha value is -0.873.